The Morgan fingerprint density at radius 1 is 1.08 bits per heavy atom. The maximum atomic E-state index is 13.0. The highest BCUT2D eigenvalue weighted by molar-refractivity contribution is 9.10. The largest absolute Gasteiger partial charge is 0.482 e. The van der Waals surface area contributed by atoms with Gasteiger partial charge in [-0.1, -0.05) is 40.2 Å². The quantitative estimate of drug-likeness (QED) is 0.189. The number of aliphatic carboxylic acids is 1. The van der Waals surface area contributed by atoms with Crippen molar-refractivity contribution in [3.05, 3.63) is 98.5 Å². The first-order chi connectivity index (χ1) is 18.0. The maximum Gasteiger partial charge on any atom is 0.416 e. The molecule has 0 fully saturated rings. The number of hydrogen-bond acceptors (Lipinski definition) is 5. The van der Waals surface area contributed by atoms with Crippen molar-refractivity contribution in [3.8, 4) is 16.3 Å². The molecule has 38 heavy (non-hydrogen) atoms. The lowest BCUT2D eigenvalue weighted by molar-refractivity contribution is -0.139. The van der Waals surface area contributed by atoms with Crippen molar-refractivity contribution in [1.29, 1.82) is 0 Å². The molecule has 1 unspecified atom stereocenters. The minimum Gasteiger partial charge on any atom is -0.482 e. The van der Waals surface area contributed by atoms with Crippen LogP contribution in [0.3, 0.4) is 0 Å². The fourth-order valence-corrected chi connectivity index (χ4v) is 6.69. The van der Waals surface area contributed by atoms with Crippen LogP contribution in [0.2, 0.25) is 0 Å². The fraction of sp³-hybridized carbons (Fsp3) is 0.214. The smallest absolute Gasteiger partial charge is 0.416 e. The van der Waals surface area contributed by atoms with Crippen molar-refractivity contribution in [1.82, 2.24) is 4.98 Å². The molecule has 0 bridgehead atoms. The number of thiazole rings is 1. The second kappa shape index (κ2) is 11.9. The zero-order chi connectivity index (χ0) is 27.4. The van der Waals surface area contributed by atoms with Gasteiger partial charge >= 0.3 is 12.1 Å². The van der Waals surface area contributed by atoms with Crippen LogP contribution in [-0.2, 0) is 17.4 Å². The van der Waals surface area contributed by atoms with E-state index in [2.05, 4.69) is 28.1 Å². The van der Waals surface area contributed by atoms with Crippen LogP contribution in [0.4, 0.5) is 13.2 Å². The number of aromatic nitrogens is 1. The van der Waals surface area contributed by atoms with E-state index in [0.717, 1.165) is 43.2 Å². The van der Waals surface area contributed by atoms with Gasteiger partial charge in [0.05, 0.1) is 11.3 Å². The lowest BCUT2D eigenvalue weighted by Crippen LogP contribution is -2.10. The van der Waals surface area contributed by atoms with E-state index in [1.54, 1.807) is 17.8 Å². The first kappa shape index (κ1) is 28.2. The summed E-state index contributed by atoms with van der Waals surface area (Å²) >= 11 is 6.61. The molecule has 0 aliphatic carbocycles. The Hall–Kier alpha value is -2.82. The molecule has 10 heteroatoms. The SMILES string of the molecule is Cc1cc(SC(Cc2ccc(Br)cc2)c2sc(-c3ccc(C(F)(F)F)cc3)nc2C)ccc1OCC(=O)O. The number of aryl methyl sites for hydroxylation is 2. The van der Waals surface area contributed by atoms with Gasteiger partial charge in [0, 0.05) is 25.1 Å². The third kappa shape index (κ3) is 7.18. The minimum atomic E-state index is -4.39. The van der Waals surface area contributed by atoms with Gasteiger partial charge in [0.1, 0.15) is 10.8 Å². The molecule has 1 aromatic heterocycles. The van der Waals surface area contributed by atoms with E-state index in [0.29, 0.717) is 22.7 Å². The molecule has 0 spiro atoms. The number of carboxylic acids is 1. The van der Waals surface area contributed by atoms with Gasteiger partial charge in [0.15, 0.2) is 6.61 Å². The zero-order valence-corrected chi connectivity index (χ0v) is 23.6. The molecule has 4 aromatic rings. The van der Waals surface area contributed by atoms with Crippen LogP contribution in [0.1, 0.15) is 32.5 Å². The van der Waals surface area contributed by atoms with Gasteiger partial charge in [-0.25, -0.2) is 9.78 Å². The molecule has 0 saturated heterocycles. The summed E-state index contributed by atoms with van der Waals surface area (Å²) in [7, 11) is 0. The van der Waals surface area contributed by atoms with Gasteiger partial charge in [0.2, 0.25) is 0 Å². The predicted octanol–water partition coefficient (Wildman–Crippen LogP) is 8.75. The average molecular weight is 623 g/mol. The Morgan fingerprint density at radius 3 is 2.37 bits per heavy atom. The van der Waals surface area contributed by atoms with Gasteiger partial charge in [-0.3, -0.25) is 0 Å². The molecular formula is C28H23BrF3NO3S2. The Morgan fingerprint density at radius 2 is 1.76 bits per heavy atom. The molecule has 4 nitrogen and oxygen atoms in total. The van der Waals surface area contributed by atoms with E-state index in [4.69, 9.17) is 14.8 Å². The van der Waals surface area contributed by atoms with E-state index in [1.165, 1.54) is 23.5 Å². The number of alkyl halides is 3. The second-order valence-electron chi connectivity index (χ2n) is 8.59. The van der Waals surface area contributed by atoms with Crippen molar-refractivity contribution in [2.45, 2.75) is 36.6 Å². The van der Waals surface area contributed by atoms with Crippen molar-refractivity contribution >= 4 is 45.0 Å². The highest BCUT2D eigenvalue weighted by atomic mass is 79.9. The molecule has 0 saturated carbocycles. The number of rotatable bonds is 9. The summed E-state index contributed by atoms with van der Waals surface area (Å²) in [5.74, 6) is -0.526. The molecule has 0 amide bonds. The van der Waals surface area contributed by atoms with Crippen LogP contribution in [0.25, 0.3) is 10.6 Å². The van der Waals surface area contributed by atoms with E-state index in [-0.39, 0.29) is 5.25 Å². The monoisotopic (exact) mass is 621 g/mol. The number of carboxylic acid groups (broad SMARTS) is 1. The Bertz CT molecular complexity index is 1420. The number of thioether (sulfide) groups is 1. The molecule has 0 aliphatic heterocycles. The number of halogens is 4. The first-order valence-corrected chi connectivity index (χ1v) is 14.0. The van der Waals surface area contributed by atoms with Gasteiger partial charge in [-0.15, -0.1) is 23.1 Å². The molecule has 198 valence electrons. The second-order valence-corrected chi connectivity index (χ2v) is 11.8. The van der Waals surface area contributed by atoms with Gasteiger partial charge in [-0.2, -0.15) is 13.2 Å². The lowest BCUT2D eigenvalue weighted by atomic mass is 10.1. The molecule has 0 aliphatic rings. The van der Waals surface area contributed by atoms with Crippen LogP contribution in [0, 0.1) is 13.8 Å². The van der Waals surface area contributed by atoms with E-state index < -0.39 is 24.3 Å². The van der Waals surface area contributed by atoms with Crippen LogP contribution in [-0.4, -0.2) is 22.7 Å². The first-order valence-electron chi connectivity index (χ1n) is 11.5. The summed E-state index contributed by atoms with van der Waals surface area (Å²) in [6.45, 7) is 3.38. The summed E-state index contributed by atoms with van der Waals surface area (Å²) in [5, 5.41) is 9.55. The molecular weight excluding hydrogens is 599 g/mol. The Balaban J connectivity index is 1.64. The van der Waals surface area contributed by atoms with Crippen LogP contribution in [0.15, 0.2) is 76.1 Å². The standard InChI is InChI=1S/C28H23BrF3NO3S2/c1-16-13-22(11-12-23(16)36-15-25(34)35)37-24(14-18-3-9-21(29)10-4-18)26-17(2)33-27(38-26)19-5-7-20(8-6-19)28(30,31)32/h3-13,24H,14-15H2,1-2H3,(H,34,35). The summed E-state index contributed by atoms with van der Waals surface area (Å²) in [6, 6.07) is 18.8. The van der Waals surface area contributed by atoms with E-state index >= 15 is 0 Å². The minimum absolute atomic E-state index is 0.0120. The zero-order valence-electron chi connectivity index (χ0n) is 20.4. The molecule has 1 heterocycles. The van der Waals surface area contributed by atoms with Crippen LogP contribution in [0.5, 0.6) is 5.75 Å². The van der Waals surface area contributed by atoms with E-state index in [1.807, 2.05) is 38.1 Å². The maximum absolute atomic E-state index is 13.0. The lowest BCUT2D eigenvalue weighted by Gasteiger charge is -2.17. The Kier molecular flexibility index (Phi) is 8.85. The predicted molar refractivity (Wildman–Crippen MR) is 148 cm³/mol. The highest BCUT2D eigenvalue weighted by Crippen LogP contribution is 2.44. The number of ether oxygens (including phenoxy) is 1. The van der Waals surface area contributed by atoms with Crippen molar-refractivity contribution in [2.75, 3.05) is 6.61 Å². The van der Waals surface area contributed by atoms with Gasteiger partial charge in [-0.05, 0) is 73.9 Å². The molecule has 4 rings (SSSR count). The molecule has 3 aromatic carbocycles. The van der Waals surface area contributed by atoms with Gasteiger partial charge in [0.25, 0.3) is 0 Å². The van der Waals surface area contributed by atoms with Crippen molar-refractivity contribution < 1.29 is 27.8 Å². The summed E-state index contributed by atoms with van der Waals surface area (Å²) in [6.07, 6.45) is -3.68. The summed E-state index contributed by atoms with van der Waals surface area (Å²) in [5.41, 5.74) is 2.74. The normalized spacial score (nSPS) is 12.4. The molecule has 1 atom stereocenters. The summed E-state index contributed by atoms with van der Waals surface area (Å²) in [4.78, 5) is 17.6. The van der Waals surface area contributed by atoms with Crippen LogP contribution < -0.4 is 4.74 Å². The van der Waals surface area contributed by atoms with E-state index in [9.17, 15) is 18.0 Å². The number of carbonyl (C=O) groups is 1. The van der Waals surface area contributed by atoms with Crippen molar-refractivity contribution in [2.24, 2.45) is 0 Å². The Labute approximate surface area is 235 Å². The fourth-order valence-electron chi connectivity index (χ4n) is 3.82. The third-order valence-electron chi connectivity index (χ3n) is 5.69. The van der Waals surface area contributed by atoms with Crippen LogP contribution >= 0.6 is 39.0 Å². The summed E-state index contributed by atoms with van der Waals surface area (Å²) < 4.78 is 45.4. The number of nitrogens with zero attached hydrogens (tertiary/aromatic N) is 1. The third-order valence-corrected chi connectivity index (χ3v) is 8.91. The number of hydrogen-bond donors (Lipinski definition) is 1. The molecule has 0 radical (unpaired) electrons. The van der Waals surface area contributed by atoms with Gasteiger partial charge < -0.3 is 9.84 Å². The molecule has 1 N–H and O–H groups in total. The topological polar surface area (TPSA) is 59.4 Å². The average Bonchev–Trinajstić information content (AvgIpc) is 3.25. The van der Waals surface area contributed by atoms with Crippen molar-refractivity contribution in [3.63, 3.8) is 0 Å². The number of benzene rings is 3. The highest BCUT2D eigenvalue weighted by Gasteiger charge is 2.30.